The largest absolute Gasteiger partial charge is 0.455 e. The quantitative estimate of drug-likeness (QED) is 0.225. The number of imidazole rings is 1. The molecule has 0 bridgehead atoms. The van der Waals surface area contributed by atoms with E-state index in [1.165, 1.54) is 0 Å². The van der Waals surface area contributed by atoms with Crippen LogP contribution in [0.5, 0.6) is 0 Å². The maximum atomic E-state index is 6.47. The molecule has 3 aromatic heterocycles. The summed E-state index contributed by atoms with van der Waals surface area (Å²) in [5, 5.41) is 16.0. The molecule has 0 aliphatic rings. The number of fused-ring (bicyclic) bond motifs is 1. The monoisotopic (exact) mass is 554 g/mol. The van der Waals surface area contributed by atoms with Gasteiger partial charge in [0.1, 0.15) is 17.2 Å². The second-order valence-corrected chi connectivity index (χ2v) is 9.40. The maximum absolute atomic E-state index is 6.47. The molecule has 2 aromatic carbocycles. The summed E-state index contributed by atoms with van der Waals surface area (Å²) in [4.78, 5) is 4.62. The zero-order valence-corrected chi connectivity index (χ0v) is 21.7. The van der Waals surface area contributed by atoms with Crippen LogP contribution in [0.2, 0.25) is 5.15 Å². The van der Waals surface area contributed by atoms with E-state index < -0.39 is 0 Å². The predicted octanol–water partition coefficient (Wildman–Crippen LogP) is 6.43. The van der Waals surface area contributed by atoms with Crippen molar-refractivity contribution in [2.24, 2.45) is 0 Å². The van der Waals surface area contributed by atoms with Gasteiger partial charge in [-0.3, -0.25) is 0 Å². The number of halogens is 2. The summed E-state index contributed by atoms with van der Waals surface area (Å²) in [7, 11) is 1.67. The summed E-state index contributed by atoms with van der Waals surface area (Å²) in [6.07, 6.45) is 3.01. The van der Waals surface area contributed by atoms with Crippen LogP contribution >= 0.6 is 27.5 Å². The van der Waals surface area contributed by atoms with Crippen LogP contribution in [-0.2, 0) is 24.3 Å². The van der Waals surface area contributed by atoms with Crippen LogP contribution < -0.4 is 0 Å². The molecular formula is C25H24BrClN6O2. The summed E-state index contributed by atoms with van der Waals surface area (Å²) in [6, 6.07) is 14.0. The van der Waals surface area contributed by atoms with Gasteiger partial charge in [-0.05, 0) is 45.3 Å². The molecular weight excluding hydrogens is 532 g/mol. The number of aromatic amines is 1. The molecule has 0 aliphatic carbocycles. The minimum Gasteiger partial charge on any atom is -0.455 e. The Balaban J connectivity index is 1.54. The highest BCUT2D eigenvalue weighted by Gasteiger charge is 2.20. The molecule has 0 aliphatic heterocycles. The summed E-state index contributed by atoms with van der Waals surface area (Å²) in [6.45, 7) is 3.22. The van der Waals surface area contributed by atoms with Gasteiger partial charge in [-0.15, -0.1) is 10.2 Å². The van der Waals surface area contributed by atoms with Gasteiger partial charge in [0.2, 0.25) is 5.82 Å². The zero-order valence-electron chi connectivity index (χ0n) is 19.4. The molecule has 3 heterocycles. The Labute approximate surface area is 215 Å². The lowest BCUT2D eigenvalue weighted by Gasteiger charge is -2.12. The van der Waals surface area contributed by atoms with Crippen molar-refractivity contribution in [1.82, 2.24) is 30.2 Å². The van der Waals surface area contributed by atoms with E-state index in [1.54, 1.807) is 7.11 Å². The number of tetrazole rings is 1. The number of nitrogens with zero attached hydrogens (tertiary/aromatic N) is 5. The van der Waals surface area contributed by atoms with Gasteiger partial charge < -0.3 is 13.7 Å². The topological polar surface area (TPSA) is 94.6 Å². The van der Waals surface area contributed by atoms with E-state index in [-0.39, 0.29) is 0 Å². The van der Waals surface area contributed by atoms with Crippen molar-refractivity contribution in [2.45, 2.75) is 39.3 Å². The number of hydrogen-bond donors (Lipinski definition) is 1. The van der Waals surface area contributed by atoms with Crippen molar-refractivity contribution < 1.29 is 9.15 Å². The lowest BCUT2D eigenvalue weighted by molar-refractivity contribution is 0.178. The fourth-order valence-corrected chi connectivity index (χ4v) is 5.07. The molecule has 5 aromatic rings. The third kappa shape index (κ3) is 4.63. The highest BCUT2D eigenvalue weighted by Crippen LogP contribution is 2.41. The summed E-state index contributed by atoms with van der Waals surface area (Å²) in [5.74, 6) is 2.20. The Morgan fingerprint density at radius 2 is 2.00 bits per heavy atom. The van der Waals surface area contributed by atoms with E-state index in [4.69, 9.17) is 20.8 Å². The average Bonchev–Trinajstić information content (AvgIpc) is 3.59. The molecule has 0 spiro atoms. The number of H-pyrrole nitrogens is 1. The van der Waals surface area contributed by atoms with Crippen LogP contribution in [0.3, 0.4) is 0 Å². The number of aryl methyl sites for hydroxylation is 1. The smallest absolute Gasteiger partial charge is 0.205 e. The van der Waals surface area contributed by atoms with Crippen molar-refractivity contribution in [3.05, 3.63) is 69.2 Å². The molecule has 0 amide bonds. The maximum Gasteiger partial charge on any atom is 0.205 e. The number of furan rings is 1. The van der Waals surface area contributed by atoms with Gasteiger partial charge in [0, 0.05) is 36.6 Å². The fourth-order valence-electron chi connectivity index (χ4n) is 4.21. The Morgan fingerprint density at radius 3 is 2.74 bits per heavy atom. The third-order valence-corrected chi connectivity index (χ3v) is 7.02. The highest BCUT2D eigenvalue weighted by molar-refractivity contribution is 9.10. The number of nitrogens with one attached hydrogen (secondary N) is 1. The van der Waals surface area contributed by atoms with Gasteiger partial charge in [0.15, 0.2) is 5.15 Å². The number of methoxy groups -OCH3 is 1. The zero-order chi connectivity index (χ0) is 24.4. The van der Waals surface area contributed by atoms with Gasteiger partial charge in [-0.25, -0.2) is 4.98 Å². The molecule has 8 nitrogen and oxygen atoms in total. The molecule has 0 fully saturated rings. The van der Waals surface area contributed by atoms with Gasteiger partial charge in [-0.1, -0.05) is 55.3 Å². The van der Waals surface area contributed by atoms with Crippen molar-refractivity contribution in [2.75, 3.05) is 7.11 Å². The van der Waals surface area contributed by atoms with Gasteiger partial charge in [0.25, 0.3) is 0 Å². The number of rotatable bonds is 9. The average molecular weight is 556 g/mol. The highest BCUT2D eigenvalue weighted by atomic mass is 79.9. The molecule has 10 heteroatoms. The molecule has 0 atom stereocenters. The molecule has 5 rings (SSSR count). The number of benzene rings is 2. The molecule has 0 saturated heterocycles. The molecule has 0 radical (unpaired) electrons. The van der Waals surface area contributed by atoms with E-state index in [1.807, 2.05) is 30.3 Å². The van der Waals surface area contributed by atoms with Crippen LogP contribution in [0.15, 0.2) is 51.4 Å². The van der Waals surface area contributed by atoms with Crippen molar-refractivity contribution in [3.63, 3.8) is 0 Å². The summed E-state index contributed by atoms with van der Waals surface area (Å²) in [5.41, 5.74) is 4.50. The van der Waals surface area contributed by atoms with Crippen LogP contribution in [0.4, 0.5) is 0 Å². The first-order valence-corrected chi connectivity index (χ1v) is 12.5. The van der Waals surface area contributed by atoms with Crippen molar-refractivity contribution in [1.29, 1.82) is 0 Å². The third-order valence-electron chi connectivity index (χ3n) is 5.93. The fraction of sp³-hybridized carbons (Fsp3) is 0.280. The van der Waals surface area contributed by atoms with Crippen LogP contribution in [-0.4, -0.2) is 37.3 Å². The molecule has 35 heavy (non-hydrogen) atoms. The first kappa shape index (κ1) is 23.7. The van der Waals surface area contributed by atoms with Gasteiger partial charge in [-0.2, -0.15) is 5.21 Å². The number of aromatic nitrogens is 6. The number of ether oxygens (including phenoxy) is 1. The lowest BCUT2D eigenvalue weighted by atomic mass is 10.0. The minimum atomic E-state index is 0.409. The number of unbranched alkanes of at least 4 members (excludes halogenated alkanes) is 1. The van der Waals surface area contributed by atoms with E-state index in [0.29, 0.717) is 29.9 Å². The molecule has 1 N–H and O–H groups in total. The van der Waals surface area contributed by atoms with Crippen LogP contribution in [0.25, 0.3) is 33.7 Å². The Hall–Kier alpha value is -3.01. The number of hydrogen-bond acceptors (Lipinski definition) is 6. The first-order valence-electron chi connectivity index (χ1n) is 11.4. The van der Waals surface area contributed by atoms with E-state index in [0.717, 1.165) is 62.9 Å². The normalized spacial score (nSPS) is 11.5. The van der Waals surface area contributed by atoms with E-state index in [2.05, 4.69) is 65.2 Å². The van der Waals surface area contributed by atoms with Crippen LogP contribution in [0, 0.1) is 0 Å². The second-order valence-electron chi connectivity index (χ2n) is 8.24. The Kier molecular flexibility index (Phi) is 6.99. The first-order chi connectivity index (χ1) is 17.1. The van der Waals surface area contributed by atoms with Gasteiger partial charge >= 0.3 is 0 Å². The standard InChI is InChI=1S/C25H24BrClN6O2/c1-3-4-9-21-28-24(27)19(14-34-2)33(21)13-15-10-11-20-18(12-15)22(26)23(35-20)16-7-5-6-8-17(16)25-29-31-32-30-25/h5-8,10-12H,3-4,9,13-14H2,1-2H3,(H,29,30,31,32). The predicted molar refractivity (Wildman–Crippen MR) is 138 cm³/mol. The molecule has 0 unspecified atom stereocenters. The minimum absolute atomic E-state index is 0.409. The Bertz CT molecular complexity index is 1460. The van der Waals surface area contributed by atoms with Crippen LogP contribution in [0.1, 0.15) is 36.8 Å². The van der Waals surface area contributed by atoms with E-state index in [9.17, 15) is 0 Å². The molecule has 180 valence electrons. The summed E-state index contributed by atoms with van der Waals surface area (Å²) >= 11 is 10.3. The lowest BCUT2D eigenvalue weighted by Crippen LogP contribution is -2.09. The SMILES string of the molecule is CCCCc1nc(Cl)c(COC)n1Cc1ccc2oc(-c3ccccc3-c3nn[nH]n3)c(Br)c2c1. The van der Waals surface area contributed by atoms with Gasteiger partial charge in [0.05, 0.1) is 16.8 Å². The second kappa shape index (κ2) is 10.3. The van der Waals surface area contributed by atoms with Crippen molar-refractivity contribution >= 4 is 38.5 Å². The van der Waals surface area contributed by atoms with Crippen molar-refractivity contribution in [3.8, 4) is 22.7 Å². The Morgan fingerprint density at radius 1 is 1.17 bits per heavy atom. The molecule has 0 saturated carbocycles. The van der Waals surface area contributed by atoms with E-state index >= 15 is 0 Å². The summed E-state index contributed by atoms with van der Waals surface area (Å²) < 4.78 is 14.7.